The van der Waals surface area contributed by atoms with E-state index in [4.69, 9.17) is 18.7 Å². The molecule has 9 nitrogen and oxygen atoms in total. The van der Waals surface area contributed by atoms with Crippen LogP contribution in [0.2, 0.25) is 0 Å². The van der Waals surface area contributed by atoms with E-state index >= 15 is 0 Å². The number of carbonyl (C=O) groups is 1. The first-order valence-electron chi connectivity index (χ1n) is 10.4. The van der Waals surface area contributed by atoms with E-state index in [1.54, 1.807) is 39.5 Å². The molecule has 3 aromatic rings. The lowest BCUT2D eigenvalue weighted by atomic mass is 9.97. The number of nitrogens with one attached hydrogen (secondary N) is 1. The van der Waals surface area contributed by atoms with Crippen molar-refractivity contribution in [1.29, 1.82) is 0 Å². The highest BCUT2D eigenvalue weighted by molar-refractivity contribution is 5.93. The van der Waals surface area contributed by atoms with Crippen molar-refractivity contribution >= 4 is 17.6 Å². The van der Waals surface area contributed by atoms with E-state index in [1.807, 2.05) is 29.2 Å². The molecule has 1 amide bonds. The van der Waals surface area contributed by atoms with Crippen molar-refractivity contribution in [3.8, 4) is 28.6 Å². The van der Waals surface area contributed by atoms with Gasteiger partial charge in [-0.15, -0.1) is 0 Å². The summed E-state index contributed by atoms with van der Waals surface area (Å²) >= 11 is 0. The van der Waals surface area contributed by atoms with Gasteiger partial charge in [-0.25, -0.2) is 0 Å². The fourth-order valence-electron chi connectivity index (χ4n) is 3.72. The molecule has 2 heterocycles. The molecule has 0 radical (unpaired) electrons. The standard InChI is InChI=1S/C23H26N4O5/c1-29-18-9-6-15(7-10-18)21-25-23(32-26-21)27-12-4-5-16(14-27)22(28)24-17-8-11-19(30-2)20(13-17)31-3/h6-11,13,16H,4-5,12,14H2,1-3H3,(H,24,28). The van der Waals surface area contributed by atoms with Gasteiger partial charge in [0.15, 0.2) is 11.5 Å². The van der Waals surface area contributed by atoms with Gasteiger partial charge in [0.05, 0.1) is 27.2 Å². The van der Waals surface area contributed by atoms with Gasteiger partial charge in [-0.3, -0.25) is 4.79 Å². The molecule has 0 aliphatic carbocycles. The van der Waals surface area contributed by atoms with Gasteiger partial charge in [0, 0.05) is 30.4 Å². The van der Waals surface area contributed by atoms with E-state index < -0.39 is 0 Å². The van der Waals surface area contributed by atoms with E-state index in [-0.39, 0.29) is 11.8 Å². The van der Waals surface area contributed by atoms with Gasteiger partial charge >= 0.3 is 6.01 Å². The molecule has 1 saturated heterocycles. The van der Waals surface area contributed by atoms with Crippen LogP contribution < -0.4 is 24.4 Å². The van der Waals surface area contributed by atoms with Crippen molar-refractivity contribution in [2.45, 2.75) is 12.8 Å². The molecule has 32 heavy (non-hydrogen) atoms. The van der Waals surface area contributed by atoms with Crippen molar-refractivity contribution < 1.29 is 23.5 Å². The minimum atomic E-state index is -0.201. The monoisotopic (exact) mass is 438 g/mol. The van der Waals surface area contributed by atoms with Crippen LogP contribution in [0, 0.1) is 5.92 Å². The molecule has 1 aliphatic heterocycles. The number of amides is 1. The molecule has 0 spiro atoms. The molecule has 1 aromatic heterocycles. The Kier molecular flexibility index (Phi) is 6.44. The molecule has 9 heteroatoms. The summed E-state index contributed by atoms with van der Waals surface area (Å²) in [6.45, 7) is 1.26. The second-order valence-electron chi connectivity index (χ2n) is 7.47. The van der Waals surface area contributed by atoms with E-state index in [2.05, 4.69) is 15.5 Å². The first kappa shape index (κ1) is 21.5. The van der Waals surface area contributed by atoms with E-state index in [0.717, 1.165) is 30.7 Å². The van der Waals surface area contributed by atoms with Crippen LogP contribution in [0.3, 0.4) is 0 Å². The van der Waals surface area contributed by atoms with Crippen molar-refractivity contribution in [2.24, 2.45) is 5.92 Å². The van der Waals surface area contributed by atoms with Crippen LogP contribution in [0.1, 0.15) is 12.8 Å². The lowest BCUT2D eigenvalue weighted by Gasteiger charge is -2.30. The molecule has 1 N–H and O–H groups in total. The van der Waals surface area contributed by atoms with Gasteiger partial charge in [0.2, 0.25) is 11.7 Å². The number of hydrogen-bond acceptors (Lipinski definition) is 8. The zero-order valence-electron chi connectivity index (χ0n) is 18.3. The van der Waals surface area contributed by atoms with Crippen LogP contribution in [-0.2, 0) is 4.79 Å². The fraction of sp³-hybridized carbons (Fsp3) is 0.348. The maximum absolute atomic E-state index is 12.9. The quantitative estimate of drug-likeness (QED) is 0.597. The van der Waals surface area contributed by atoms with Crippen molar-refractivity contribution in [3.05, 3.63) is 42.5 Å². The number of carbonyl (C=O) groups excluding carboxylic acids is 1. The minimum Gasteiger partial charge on any atom is -0.497 e. The Hall–Kier alpha value is -3.75. The Labute approximate surface area is 186 Å². The van der Waals surface area contributed by atoms with Crippen molar-refractivity contribution in [1.82, 2.24) is 10.1 Å². The molecule has 1 fully saturated rings. The number of hydrogen-bond donors (Lipinski definition) is 1. The summed E-state index contributed by atoms with van der Waals surface area (Å²) < 4.78 is 21.2. The second-order valence-corrected chi connectivity index (χ2v) is 7.47. The van der Waals surface area contributed by atoms with Crippen LogP contribution in [0.4, 0.5) is 11.7 Å². The highest BCUT2D eigenvalue weighted by Crippen LogP contribution is 2.31. The van der Waals surface area contributed by atoms with Crippen LogP contribution >= 0.6 is 0 Å². The summed E-state index contributed by atoms with van der Waals surface area (Å²) in [4.78, 5) is 19.4. The molecule has 2 aromatic carbocycles. The molecule has 1 atom stereocenters. The van der Waals surface area contributed by atoms with Gasteiger partial charge < -0.3 is 29.0 Å². The van der Waals surface area contributed by atoms with Gasteiger partial charge in [-0.2, -0.15) is 4.98 Å². The average molecular weight is 438 g/mol. The summed E-state index contributed by atoms with van der Waals surface area (Å²) in [5.74, 6) is 2.17. The summed E-state index contributed by atoms with van der Waals surface area (Å²) in [6.07, 6.45) is 1.64. The van der Waals surface area contributed by atoms with Crippen LogP contribution in [0.25, 0.3) is 11.4 Å². The summed E-state index contributed by atoms with van der Waals surface area (Å²) in [6, 6.07) is 13.2. The third-order valence-electron chi connectivity index (χ3n) is 5.48. The SMILES string of the molecule is COc1ccc(-c2noc(N3CCCC(C(=O)Nc4ccc(OC)c(OC)c4)C3)n2)cc1. The molecular weight excluding hydrogens is 412 g/mol. The fourth-order valence-corrected chi connectivity index (χ4v) is 3.72. The number of piperidine rings is 1. The molecular formula is C23H26N4O5. The Balaban J connectivity index is 1.42. The lowest BCUT2D eigenvalue weighted by Crippen LogP contribution is -2.41. The number of nitrogens with zero attached hydrogens (tertiary/aromatic N) is 3. The van der Waals surface area contributed by atoms with E-state index in [9.17, 15) is 4.79 Å². The van der Waals surface area contributed by atoms with Crippen LogP contribution in [0.5, 0.6) is 17.2 Å². The molecule has 1 aliphatic rings. The molecule has 168 valence electrons. The van der Waals surface area contributed by atoms with Gasteiger partial charge in [-0.05, 0) is 49.2 Å². The molecule has 0 saturated carbocycles. The highest BCUT2D eigenvalue weighted by atomic mass is 16.5. The summed E-state index contributed by atoms with van der Waals surface area (Å²) in [5, 5.41) is 7.07. The normalized spacial score (nSPS) is 15.8. The van der Waals surface area contributed by atoms with Gasteiger partial charge in [0.1, 0.15) is 5.75 Å². The highest BCUT2D eigenvalue weighted by Gasteiger charge is 2.29. The van der Waals surface area contributed by atoms with E-state index in [0.29, 0.717) is 35.6 Å². The predicted octanol–water partition coefficient (Wildman–Crippen LogP) is 3.62. The first-order valence-corrected chi connectivity index (χ1v) is 10.4. The Morgan fingerprint density at radius 3 is 2.56 bits per heavy atom. The molecule has 1 unspecified atom stereocenters. The van der Waals surface area contributed by atoms with Crippen molar-refractivity contribution in [2.75, 3.05) is 44.6 Å². The number of methoxy groups -OCH3 is 3. The Morgan fingerprint density at radius 2 is 1.84 bits per heavy atom. The van der Waals surface area contributed by atoms with Crippen LogP contribution in [0.15, 0.2) is 47.0 Å². The second kappa shape index (κ2) is 9.59. The number of ether oxygens (including phenoxy) is 3. The minimum absolute atomic E-state index is 0.0585. The number of aromatic nitrogens is 2. The smallest absolute Gasteiger partial charge is 0.324 e. The Bertz CT molecular complexity index is 1070. The number of anilines is 2. The first-order chi connectivity index (χ1) is 15.6. The third kappa shape index (κ3) is 4.61. The van der Waals surface area contributed by atoms with Gasteiger partial charge in [-0.1, -0.05) is 5.16 Å². The number of rotatable bonds is 7. The summed E-state index contributed by atoms with van der Waals surface area (Å²) in [5.41, 5.74) is 1.49. The zero-order valence-corrected chi connectivity index (χ0v) is 18.3. The molecule has 0 bridgehead atoms. The zero-order chi connectivity index (χ0) is 22.5. The number of benzene rings is 2. The maximum atomic E-state index is 12.9. The predicted molar refractivity (Wildman–Crippen MR) is 119 cm³/mol. The lowest BCUT2D eigenvalue weighted by molar-refractivity contribution is -0.120. The average Bonchev–Trinajstić information content (AvgIpc) is 3.34. The molecule has 4 rings (SSSR count). The Morgan fingerprint density at radius 1 is 1.06 bits per heavy atom. The van der Waals surface area contributed by atoms with E-state index in [1.165, 1.54) is 0 Å². The van der Waals surface area contributed by atoms with Gasteiger partial charge in [0.25, 0.3) is 0 Å². The van der Waals surface area contributed by atoms with Crippen LogP contribution in [-0.4, -0.2) is 50.5 Å². The van der Waals surface area contributed by atoms with Crippen molar-refractivity contribution in [3.63, 3.8) is 0 Å². The third-order valence-corrected chi connectivity index (χ3v) is 5.48. The maximum Gasteiger partial charge on any atom is 0.324 e. The largest absolute Gasteiger partial charge is 0.497 e. The summed E-state index contributed by atoms with van der Waals surface area (Å²) in [7, 11) is 4.76. The topological polar surface area (TPSA) is 99.0 Å².